The van der Waals surface area contributed by atoms with Crippen LogP contribution < -0.4 is 10.1 Å². The van der Waals surface area contributed by atoms with Crippen molar-refractivity contribution in [2.75, 3.05) is 13.2 Å². The SMILES string of the molecule is CC(C)c1ccccc1OC[C@H](O)CN[C@H]1CCCC[C@@H]1C. The predicted molar refractivity (Wildman–Crippen MR) is 91.5 cm³/mol. The first-order chi connectivity index (χ1) is 10.6. The lowest BCUT2D eigenvalue weighted by molar-refractivity contribution is 0.0979. The minimum absolute atomic E-state index is 0.345. The molecule has 0 heterocycles. The lowest BCUT2D eigenvalue weighted by atomic mass is 9.86. The summed E-state index contributed by atoms with van der Waals surface area (Å²) in [6, 6.07) is 8.64. The lowest BCUT2D eigenvalue weighted by Crippen LogP contribution is -2.42. The average Bonchev–Trinajstić information content (AvgIpc) is 2.52. The van der Waals surface area contributed by atoms with Crippen LogP contribution in [0.1, 0.15) is 57.9 Å². The highest BCUT2D eigenvalue weighted by Crippen LogP contribution is 2.26. The van der Waals surface area contributed by atoms with Gasteiger partial charge in [-0.15, -0.1) is 0 Å². The smallest absolute Gasteiger partial charge is 0.122 e. The molecule has 1 saturated carbocycles. The third kappa shape index (κ3) is 4.99. The number of hydrogen-bond donors (Lipinski definition) is 2. The van der Waals surface area contributed by atoms with Gasteiger partial charge in [-0.3, -0.25) is 0 Å². The summed E-state index contributed by atoms with van der Waals surface area (Å²) in [5, 5.41) is 13.7. The van der Waals surface area contributed by atoms with Gasteiger partial charge in [-0.05, 0) is 36.3 Å². The number of benzene rings is 1. The molecule has 0 bridgehead atoms. The first-order valence-electron chi connectivity index (χ1n) is 8.71. The minimum Gasteiger partial charge on any atom is -0.491 e. The molecule has 0 radical (unpaired) electrons. The topological polar surface area (TPSA) is 41.5 Å². The van der Waals surface area contributed by atoms with E-state index in [0.29, 0.717) is 31.0 Å². The van der Waals surface area contributed by atoms with Gasteiger partial charge >= 0.3 is 0 Å². The van der Waals surface area contributed by atoms with Crippen LogP contribution in [0, 0.1) is 5.92 Å². The van der Waals surface area contributed by atoms with Gasteiger partial charge in [0.2, 0.25) is 0 Å². The Morgan fingerprint density at radius 1 is 1.23 bits per heavy atom. The molecular formula is C19H31NO2. The third-order valence-corrected chi connectivity index (χ3v) is 4.70. The van der Waals surface area contributed by atoms with Crippen LogP contribution in [0.2, 0.25) is 0 Å². The van der Waals surface area contributed by atoms with E-state index in [2.05, 4.69) is 32.2 Å². The number of hydrogen-bond acceptors (Lipinski definition) is 3. The maximum Gasteiger partial charge on any atom is 0.122 e. The first kappa shape index (κ1) is 17.3. The Bertz CT molecular complexity index is 447. The highest BCUT2D eigenvalue weighted by Gasteiger charge is 2.21. The lowest BCUT2D eigenvalue weighted by Gasteiger charge is -2.30. The van der Waals surface area contributed by atoms with Crippen molar-refractivity contribution >= 4 is 0 Å². The molecule has 0 aliphatic heterocycles. The van der Waals surface area contributed by atoms with Gasteiger partial charge in [-0.2, -0.15) is 0 Å². The predicted octanol–water partition coefficient (Wildman–Crippen LogP) is 3.72. The Kier molecular flexibility index (Phi) is 6.71. The maximum absolute atomic E-state index is 10.2. The van der Waals surface area contributed by atoms with Crippen molar-refractivity contribution in [2.24, 2.45) is 5.92 Å². The van der Waals surface area contributed by atoms with Crippen molar-refractivity contribution in [3.05, 3.63) is 29.8 Å². The standard InChI is InChI=1S/C19H31NO2/c1-14(2)17-9-5-7-11-19(17)22-13-16(21)12-20-18-10-6-4-8-15(18)3/h5,7,9,11,14-16,18,20-21H,4,6,8,10,12-13H2,1-3H3/t15-,16+,18-/m0/s1. The second kappa shape index (κ2) is 8.54. The number of aliphatic hydroxyl groups excluding tert-OH is 1. The van der Waals surface area contributed by atoms with Crippen molar-refractivity contribution in [3.8, 4) is 5.75 Å². The van der Waals surface area contributed by atoms with Crippen LogP contribution in [-0.2, 0) is 0 Å². The second-order valence-corrected chi connectivity index (χ2v) is 6.93. The molecule has 1 aliphatic carbocycles. The highest BCUT2D eigenvalue weighted by atomic mass is 16.5. The zero-order valence-electron chi connectivity index (χ0n) is 14.2. The van der Waals surface area contributed by atoms with Crippen molar-refractivity contribution < 1.29 is 9.84 Å². The molecule has 0 spiro atoms. The van der Waals surface area contributed by atoms with Crippen molar-refractivity contribution in [3.63, 3.8) is 0 Å². The molecule has 2 N–H and O–H groups in total. The largest absolute Gasteiger partial charge is 0.491 e. The van der Waals surface area contributed by atoms with E-state index in [9.17, 15) is 5.11 Å². The van der Waals surface area contributed by atoms with Gasteiger partial charge in [0.1, 0.15) is 18.5 Å². The molecule has 22 heavy (non-hydrogen) atoms. The molecule has 0 unspecified atom stereocenters. The van der Waals surface area contributed by atoms with Crippen LogP contribution in [0.15, 0.2) is 24.3 Å². The average molecular weight is 305 g/mol. The van der Waals surface area contributed by atoms with E-state index in [1.54, 1.807) is 0 Å². The molecule has 3 atom stereocenters. The summed E-state index contributed by atoms with van der Waals surface area (Å²) in [5.74, 6) is 2.03. The van der Waals surface area contributed by atoms with E-state index in [4.69, 9.17) is 4.74 Å². The molecule has 124 valence electrons. The van der Waals surface area contributed by atoms with Crippen LogP contribution in [-0.4, -0.2) is 30.4 Å². The Balaban J connectivity index is 1.77. The van der Waals surface area contributed by atoms with E-state index in [1.807, 2.05) is 18.2 Å². The molecule has 3 nitrogen and oxygen atoms in total. The molecule has 1 aromatic rings. The number of rotatable bonds is 7. The van der Waals surface area contributed by atoms with E-state index in [-0.39, 0.29) is 0 Å². The summed E-state index contributed by atoms with van der Waals surface area (Å²) in [6.07, 6.45) is 4.71. The van der Waals surface area contributed by atoms with E-state index >= 15 is 0 Å². The van der Waals surface area contributed by atoms with Gasteiger partial charge in [-0.1, -0.05) is 51.8 Å². The minimum atomic E-state index is -0.464. The monoisotopic (exact) mass is 305 g/mol. The van der Waals surface area contributed by atoms with Crippen LogP contribution >= 0.6 is 0 Å². The van der Waals surface area contributed by atoms with Gasteiger partial charge in [0, 0.05) is 12.6 Å². The Morgan fingerprint density at radius 2 is 1.95 bits per heavy atom. The highest BCUT2D eigenvalue weighted by molar-refractivity contribution is 5.35. The normalized spacial score (nSPS) is 23.5. The molecular weight excluding hydrogens is 274 g/mol. The molecule has 1 aromatic carbocycles. The van der Waals surface area contributed by atoms with Gasteiger partial charge in [0.15, 0.2) is 0 Å². The fourth-order valence-electron chi connectivity index (χ4n) is 3.24. The van der Waals surface area contributed by atoms with Gasteiger partial charge in [0.05, 0.1) is 0 Å². The van der Waals surface area contributed by atoms with Crippen LogP contribution in [0.25, 0.3) is 0 Å². The zero-order chi connectivity index (χ0) is 15.9. The van der Waals surface area contributed by atoms with Crippen LogP contribution in [0.4, 0.5) is 0 Å². The Labute approximate surface area is 135 Å². The quantitative estimate of drug-likeness (QED) is 0.807. The summed E-state index contributed by atoms with van der Waals surface area (Å²) in [4.78, 5) is 0. The second-order valence-electron chi connectivity index (χ2n) is 6.93. The number of para-hydroxylation sites is 1. The zero-order valence-corrected chi connectivity index (χ0v) is 14.2. The first-order valence-corrected chi connectivity index (χ1v) is 8.71. The summed E-state index contributed by atoms with van der Waals surface area (Å²) < 4.78 is 5.84. The Hall–Kier alpha value is -1.06. The molecule has 0 saturated heterocycles. The summed E-state index contributed by atoms with van der Waals surface area (Å²) in [6.45, 7) is 7.57. The third-order valence-electron chi connectivity index (χ3n) is 4.70. The van der Waals surface area contributed by atoms with Crippen molar-refractivity contribution in [1.82, 2.24) is 5.32 Å². The summed E-state index contributed by atoms with van der Waals surface area (Å²) in [5.41, 5.74) is 1.20. The molecule has 1 aliphatic rings. The maximum atomic E-state index is 10.2. The number of nitrogens with one attached hydrogen (secondary N) is 1. The van der Waals surface area contributed by atoms with Crippen LogP contribution in [0.5, 0.6) is 5.75 Å². The van der Waals surface area contributed by atoms with E-state index < -0.39 is 6.10 Å². The number of ether oxygens (including phenoxy) is 1. The fraction of sp³-hybridized carbons (Fsp3) is 0.684. The van der Waals surface area contributed by atoms with Crippen molar-refractivity contribution in [1.29, 1.82) is 0 Å². The van der Waals surface area contributed by atoms with Crippen LogP contribution in [0.3, 0.4) is 0 Å². The molecule has 0 amide bonds. The van der Waals surface area contributed by atoms with E-state index in [0.717, 1.165) is 5.75 Å². The molecule has 1 fully saturated rings. The van der Waals surface area contributed by atoms with Gasteiger partial charge in [-0.25, -0.2) is 0 Å². The van der Waals surface area contributed by atoms with Gasteiger partial charge in [0.25, 0.3) is 0 Å². The Morgan fingerprint density at radius 3 is 2.68 bits per heavy atom. The summed E-state index contributed by atoms with van der Waals surface area (Å²) >= 11 is 0. The van der Waals surface area contributed by atoms with E-state index in [1.165, 1.54) is 31.2 Å². The molecule has 3 heteroatoms. The molecule has 2 rings (SSSR count). The number of aliphatic hydroxyl groups is 1. The fourth-order valence-corrected chi connectivity index (χ4v) is 3.24. The molecule has 0 aromatic heterocycles. The van der Waals surface area contributed by atoms with Crippen molar-refractivity contribution in [2.45, 2.75) is 64.5 Å². The van der Waals surface area contributed by atoms with Gasteiger partial charge < -0.3 is 15.2 Å². The summed E-state index contributed by atoms with van der Waals surface area (Å²) in [7, 11) is 0.